The highest BCUT2D eigenvalue weighted by Gasteiger charge is 2.15. The summed E-state index contributed by atoms with van der Waals surface area (Å²) in [7, 11) is 0. The van der Waals surface area contributed by atoms with Gasteiger partial charge in [0.25, 0.3) is 0 Å². The van der Waals surface area contributed by atoms with Crippen LogP contribution in [0.5, 0.6) is 5.75 Å². The van der Waals surface area contributed by atoms with Gasteiger partial charge in [-0.3, -0.25) is 4.79 Å². The van der Waals surface area contributed by atoms with Gasteiger partial charge >= 0.3 is 0 Å². The van der Waals surface area contributed by atoms with E-state index in [0.717, 1.165) is 33.3 Å². The Balaban J connectivity index is 1.70. The van der Waals surface area contributed by atoms with E-state index in [9.17, 15) is 4.79 Å². The third-order valence-corrected chi connectivity index (χ3v) is 4.29. The molecule has 1 aromatic heterocycles. The number of rotatable bonds is 6. The fourth-order valence-corrected chi connectivity index (χ4v) is 3.06. The summed E-state index contributed by atoms with van der Waals surface area (Å²) in [5.41, 5.74) is 4.25. The zero-order chi connectivity index (χ0) is 17.8. The molecule has 2 aromatic carbocycles. The van der Waals surface area contributed by atoms with Crippen molar-refractivity contribution in [1.29, 1.82) is 0 Å². The van der Waals surface area contributed by atoms with Gasteiger partial charge in [0.1, 0.15) is 5.75 Å². The fourth-order valence-electron chi connectivity index (χ4n) is 3.06. The van der Waals surface area contributed by atoms with Gasteiger partial charge in [-0.1, -0.05) is 23.8 Å². The average Bonchev–Trinajstić information content (AvgIpc) is 3.04. The Morgan fingerprint density at radius 2 is 2.04 bits per heavy atom. The van der Waals surface area contributed by atoms with Crippen LogP contribution in [0.3, 0.4) is 0 Å². The smallest absolute Gasteiger partial charge is 0.224 e. The number of H-pyrrole nitrogens is 1. The summed E-state index contributed by atoms with van der Waals surface area (Å²) in [6.45, 7) is 6.60. The second-order valence-electron chi connectivity index (χ2n) is 6.34. The van der Waals surface area contributed by atoms with Gasteiger partial charge in [-0.2, -0.15) is 0 Å². The van der Waals surface area contributed by atoms with Crippen LogP contribution >= 0.6 is 0 Å². The lowest BCUT2D eigenvalue weighted by Crippen LogP contribution is -2.28. The number of carbonyl (C=O) groups is 1. The molecular weight excluding hydrogens is 312 g/mol. The molecule has 3 rings (SSSR count). The molecule has 1 atom stereocenters. The minimum atomic E-state index is -0.107. The summed E-state index contributed by atoms with van der Waals surface area (Å²) in [4.78, 5) is 15.6. The third kappa shape index (κ3) is 4.02. The molecular formula is C21H24N2O2. The van der Waals surface area contributed by atoms with Gasteiger partial charge in [0.15, 0.2) is 0 Å². The van der Waals surface area contributed by atoms with Crippen molar-refractivity contribution in [1.82, 2.24) is 10.3 Å². The zero-order valence-corrected chi connectivity index (χ0v) is 14.9. The number of ether oxygens (including phenoxy) is 1. The van der Waals surface area contributed by atoms with E-state index in [1.807, 2.05) is 63.4 Å². The van der Waals surface area contributed by atoms with Crippen LogP contribution in [0.15, 0.2) is 48.7 Å². The molecule has 4 heteroatoms. The number of amides is 1. The van der Waals surface area contributed by atoms with Gasteiger partial charge in [-0.15, -0.1) is 0 Å². The Morgan fingerprint density at radius 1 is 1.20 bits per heavy atom. The highest BCUT2D eigenvalue weighted by Crippen LogP contribution is 2.26. The molecule has 1 amide bonds. The number of carbonyl (C=O) groups excluding carboxylic acids is 1. The predicted octanol–water partition coefficient (Wildman–Crippen LogP) is 4.29. The van der Waals surface area contributed by atoms with E-state index in [2.05, 4.69) is 16.4 Å². The summed E-state index contributed by atoms with van der Waals surface area (Å²) in [6.07, 6.45) is 2.27. The first kappa shape index (κ1) is 17.1. The molecule has 0 aliphatic heterocycles. The quantitative estimate of drug-likeness (QED) is 0.705. The standard InChI is InChI=1S/C21H24N2O2/c1-4-25-20-8-5-14(2)11-18(20)15(3)23-21(24)13-16-6-7-19-17(12-16)9-10-22-19/h5-12,15,22H,4,13H2,1-3H3,(H,23,24). The highest BCUT2D eigenvalue weighted by atomic mass is 16.5. The van der Waals surface area contributed by atoms with Crippen molar-refractivity contribution in [3.05, 3.63) is 65.4 Å². The summed E-state index contributed by atoms with van der Waals surface area (Å²) in [5.74, 6) is 0.834. The predicted molar refractivity (Wildman–Crippen MR) is 101 cm³/mol. The number of aromatic nitrogens is 1. The van der Waals surface area contributed by atoms with Crippen LogP contribution < -0.4 is 10.1 Å². The van der Waals surface area contributed by atoms with Crippen molar-refractivity contribution >= 4 is 16.8 Å². The Bertz CT molecular complexity index is 882. The van der Waals surface area contributed by atoms with Gasteiger partial charge < -0.3 is 15.0 Å². The summed E-state index contributed by atoms with van der Waals surface area (Å²) < 4.78 is 5.70. The molecule has 0 radical (unpaired) electrons. The van der Waals surface area contributed by atoms with E-state index in [4.69, 9.17) is 4.74 Å². The number of aromatic amines is 1. The van der Waals surface area contributed by atoms with Crippen LogP contribution in [0, 0.1) is 6.92 Å². The van der Waals surface area contributed by atoms with E-state index >= 15 is 0 Å². The Morgan fingerprint density at radius 3 is 2.84 bits per heavy atom. The van der Waals surface area contributed by atoms with Crippen molar-refractivity contribution in [3.63, 3.8) is 0 Å². The van der Waals surface area contributed by atoms with Crippen LogP contribution in [0.2, 0.25) is 0 Å². The van der Waals surface area contributed by atoms with E-state index in [1.165, 1.54) is 0 Å². The van der Waals surface area contributed by atoms with Gasteiger partial charge in [0.2, 0.25) is 5.91 Å². The highest BCUT2D eigenvalue weighted by molar-refractivity contribution is 5.83. The molecule has 1 unspecified atom stereocenters. The van der Waals surface area contributed by atoms with Crippen molar-refractivity contribution in [3.8, 4) is 5.75 Å². The van der Waals surface area contributed by atoms with E-state index < -0.39 is 0 Å². The molecule has 4 nitrogen and oxygen atoms in total. The number of fused-ring (bicyclic) bond motifs is 1. The van der Waals surface area contributed by atoms with Crippen molar-refractivity contribution in [2.45, 2.75) is 33.2 Å². The van der Waals surface area contributed by atoms with E-state index in [0.29, 0.717) is 13.0 Å². The molecule has 25 heavy (non-hydrogen) atoms. The van der Waals surface area contributed by atoms with E-state index in [1.54, 1.807) is 0 Å². The molecule has 0 saturated heterocycles. The minimum Gasteiger partial charge on any atom is -0.494 e. The van der Waals surface area contributed by atoms with Gasteiger partial charge in [0, 0.05) is 17.3 Å². The fraction of sp³-hybridized carbons (Fsp3) is 0.286. The number of benzene rings is 2. The molecule has 1 heterocycles. The average molecular weight is 336 g/mol. The van der Waals surface area contributed by atoms with Crippen LogP contribution in [0.4, 0.5) is 0 Å². The molecule has 0 saturated carbocycles. The molecule has 130 valence electrons. The third-order valence-electron chi connectivity index (χ3n) is 4.29. The second kappa shape index (κ2) is 7.43. The Labute approximate surface area is 148 Å². The monoisotopic (exact) mass is 336 g/mol. The van der Waals surface area contributed by atoms with Crippen LogP contribution in [0.25, 0.3) is 10.9 Å². The largest absolute Gasteiger partial charge is 0.494 e. The Kier molecular flexibility index (Phi) is 5.08. The molecule has 3 aromatic rings. The maximum absolute atomic E-state index is 12.5. The number of aryl methyl sites for hydroxylation is 1. The van der Waals surface area contributed by atoms with Crippen molar-refractivity contribution in [2.24, 2.45) is 0 Å². The van der Waals surface area contributed by atoms with E-state index in [-0.39, 0.29) is 11.9 Å². The summed E-state index contributed by atoms with van der Waals surface area (Å²) >= 11 is 0. The molecule has 0 aliphatic carbocycles. The van der Waals surface area contributed by atoms with Crippen LogP contribution in [-0.2, 0) is 11.2 Å². The lowest BCUT2D eigenvalue weighted by Gasteiger charge is -2.19. The lowest BCUT2D eigenvalue weighted by atomic mass is 10.0. The number of hydrogen-bond donors (Lipinski definition) is 2. The second-order valence-corrected chi connectivity index (χ2v) is 6.34. The Hall–Kier alpha value is -2.75. The number of nitrogens with one attached hydrogen (secondary N) is 2. The van der Waals surface area contributed by atoms with Gasteiger partial charge in [-0.25, -0.2) is 0 Å². The summed E-state index contributed by atoms with van der Waals surface area (Å²) in [5, 5.41) is 4.21. The zero-order valence-electron chi connectivity index (χ0n) is 14.9. The molecule has 0 spiro atoms. The SMILES string of the molecule is CCOc1ccc(C)cc1C(C)NC(=O)Cc1ccc2[nH]ccc2c1. The van der Waals surface area contributed by atoms with Crippen LogP contribution in [-0.4, -0.2) is 17.5 Å². The maximum Gasteiger partial charge on any atom is 0.224 e. The summed E-state index contributed by atoms with van der Waals surface area (Å²) in [6, 6.07) is 14.0. The topological polar surface area (TPSA) is 54.1 Å². The minimum absolute atomic E-state index is 0.00587. The first-order valence-corrected chi connectivity index (χ1v) is 8.65. The molecule has 0 aliphatic rings. The van der Waals surface area contributed by atoms with Gasteiger partial charge in [-0.05, 0) is 56.0 Å². The van der Waals surface area contributed by atoms with Crippen molar-refractivity contribution in [2.75, 3.05) is 6.61 Å². The maximum atomic E-state index is 12.5. The molecule has 0 bridgehead atoms. The van der Waals surface area contributed by atoms with Crippen molar-refractivity contribution < 1.29 is 9.53 Å². The first-order valence-electron chi connectivity index (χ1n) is 8.65. The van der Waals surface area contributed by atoms with Crippen LogP contribution in [0.1, 0.15) is 36.6 Å². The normalized spacial score (nSPS) is 12.1. The lowest BCUT2D eigenvalue weighted by molar-refractivity contribution is -0.121. The molecule has 0 fully saturated rings. The van der Waals surface area contributed by atoms with Gasteiger partial charge in [0.05, 0.1) is 19.1 Å². The number of hydrogen-bond acceptors (Lipinski definition) is 2. The molecule has 2 N–H and O–H groups in total. The first-order chi connectivity index (χ1) is 12.1.